The lowest BCUT2D eigenvalue weighted by Crippen LogP contribution is -2.23. The maximum Gasteiger partial charge on any atom is 0.302 e. The number of ether oxygens (including phenoxy) is 1. The molecule has 0 spiro atoms. The van der Waals surface area contributed by atoms with E-state index in [1.54, 1.807) is 32.5 Å². The first-order chi connectivity index (χ1) is 13.4. The van der Waals surface area contributed by atoms with Crippen molar-refractivity contribution in [1.82, 2.24) is 19.1 Å². The summed E-state index contributed by atoms with van der Waals surface area (Å²) in [6.07, 6.45) is 3.20. The quantitative estimate of drug-likeness (QED) is 0.581. The number of nitrogens with one attached hydrogen (secondary N) is 1. The van der Waals surface area contributed by atoms with E-state index in [2.05, 4.69) is 15.3 Å². The van der Waals surface area contributed by atoms with Crippen LogP contribution in [0.25, 0.3) is 22.1 Å². The molecular weight excluding hydrogens is 362 g/mol. The van der Waals surface area contributed by atoms with Crippen molar-refractivity contribution in [3.8, 4) is 5.75 Å². The summed E-state index contributed by atoms with van der Waals surface area (Å²) in [7, 11) is 3.25. The van der Waals surface area contributed by atoms with Gasteiger partial charge in [-0.25, -0.2) is 4.98 Å². The molecule has 0 unspecified atom stereocenters. The van der Waals surface area contributed by atoms with Crippen molar-refractivity contribution in [2.24, 2.45) is 7.05 Å². The zero-order chi connectivity index (χ0) is 20.0. The Bertz CT molecular complexity index is 1280. The molecule has 28 heavy (non-hydrogen) atoms. The number of hydrogen-bond donors (Lipinski definition) is 1. The second-order valence-corrected chi connectivity index (χ2v) is 6.65. The van der Waals surface area contributed by atoms with Crippen LogP contribution in [0.15, 0.2) is 33.9 Å². The smallest absolute Gasteiger partial charge is 0.302 e. The van der Waals surface area contributed by atoms with Crippen LogP contribution in [0, 0.1) is 13.8 Å². The summed E-state index contributed by atoms with van der Waals surface area (Å²) in [5.41, 5.74) is 3.65. The summed E-state index contributed by atoms with van der Waals surface area (Å²) in [6, 6.07) is 3.63. The van der Waals surface area contributed by atoms with Crippen LogP contribution < -0.4 is 15.6 Å². The zero-order valence-corrected chi connectivity index (χ0v) is 15.9. The fourth-order valence-electron chi connectivity index (χ4n) is 3.24. The third-order valence-electron chi connectivity index (χ3n) is 4.59. The molecule has 9 nitrogen and oxygen atoms in total. The number of hydrogen-bond acceptors (Lipinski definition) is 6. The molecule has 9 heteroatoms. The maximum absolute atomic E-state index is 12.5. The fourth-order valence-corrected chi connectivity index (χ4v) is 3.24. The van der Waals surface area contributed by atoms with Crippen molar-refractivity contribution in [1.29, 1.82) is 0 Å². The van der Waals surface area contributed by atoms with Crippen molar-refractivity contribution < 1.29 is 13.9 Å². The van der Waals surface area contributed by atoms with Gasteiger partial charge in [0, 0.05) is 19.3 Å². The summed E-state index contributed by atoms with van der Waals surface area (Å²) < 4.78 is 13.9. The van der Waals surface area contributed by atoms with E-state index in [1.807, 2.05) is 13.8 Å². The largest absolute Gasteiger partial charge is 0.496 e. The van der Waals surface area contributed by atoms with Gasteiger partial charge in [-0.05, 0) is 31.0 Å². The number of oxazole rings is 1. The molecule has 4 rings (SSSR count). The minimum atomic E-state index is -0.377. The lowest BCUT2D eigenvalue weighted by Gasteiger charge is -2.05. The number of methoxy groups -OCH3 is 1. The summed E-state index contributed by atoms with van der Waals surface area (Å²) in [6.45, 7) is 3.68. The maximum atomic E-state index is 12.5. The predicted molar refractivity (Wildman–Crippen MR) is 104 cm³/mol. The van der Waals surface area contributed by atoms with Crippen LogP contribution >= 0.6 is 0 Å². The SMILES string of the molecule is COc1cc2nc(NC(=O)Cn3cnc4c(C)cn(C)c(=O)c43)oc2cc1C. The highest BCUT2D eigenvalue weighted by molar-refractivity contribution is 5.91. The van der Waals surface area contributed by atoms with Gasteiger partial charge in [-0.2, -0.15) is 4.98 Å². The van der Waals surface area contributed by atoms with E-state index in [4.69, 9.17) is 9.15 Å². The molecule has 1 N–H and O–H groups in total. The Morgan fingerprint density at radius 3 is 2.82 bits per heavy atom. The van der Waals surface area contributed by atoms with Crippen LogP contribution in [-0.4, -0.2) is 32.1 Å². The van der Waals surface area contributed by atoms with Gasteiger partial charge < -0.3 is 18.3 Å². The topological polar surface area (TPSA) is 104 Å². The summed E-state index contributed by atoms with van der Waals surface area (Å²) in [5.74, 6) is 0.313. The first kappa shape index (κ1) is 17.8. The first-order valence-corrected chi connectivity index (χ1v) is 8.63. The van der Waals surface area contributed by atoms with E-state index in [0.29, 0.717) is 27.9 Å². The number of aromatic nitrogens is 4. The Morgan fingerprint density at radius 2 is 2.07 bits per heavy atom. The summed E-state index contributed by atoms with van der Waals surface area (Å²) in [4.78, 5) is 33.4. The van der Waals surface area contributed by atoms with Crippen molar-refractivity contribution in [3.63, 3.8) is 0 Å². The Morgan fingerprint density at radius 1 is 1.29 bits per heavy atom. The van der Waals surface area contributed by atoms with Crippen molar-refractivity contribution in [2.45, 2.75) is 20.4 Å². The molecule has 0 aliphatic rings. The predicted octanol–water partition coefficient (Wildman–Crippen LogP) is 2.14. The van der Waals surface area contributed by atoms with E-state index in [-0.39, 0.29) is 24.0 Å². The number of imidazole rings is 1. The highest BCUT2D eigenvalue weighted by atomic mass is 16.5. The molecule has 1 aromatic carbocycles. The minimum absolute atomic E-state index is 0.0844. The standard InChI is InChI=1S/C19H19N5O4/c1-10-5-14-12(6-13(10)27-4)21-19(28-14)22-15(25)8-24-9-20-16-11(2)7-23(3)18(26)17(16)24/h5-7,9H,8H2,1-4H3,(H,21,22,25). The molecule has 4 aromatic rings. The molecule has 3 heterocycles. The van der Waals surface area contributed by atoms with Gasteiger partial charge in [-0.3, -0.25) is 14.9 Å². The third-order valence-corrected chi connectivity index (χ3v) is 4.59. The second-order valence-electron chi connectivity index (χ2n) is 6.65. The Labute approximate surface area is 159 Å². The molecule has 144 valence electrons. The van der Waals surface area contributed by atoms with E-state index >= 15 is 0 Å². The van der Waals surface area contributed by atoms with Crippen LogP contribution in [-0.2, 0) is 18.4 Å². The normalized spacial score (nSPS) is 11.3. The lowest BCUT2D eigenvalue weighted by molar-refractivity contribution is -0.116. The average molecular weight is 381 g/mol. The van der Waals surface area contributed by atoms with Crippen molar-refractivity contribution in [2.75, 3.05) is 12.4 Å². The van der Waals surface area contributed by atoms with Gasteiger partial charge in [-0.15, -0.1) is 0 Å². The number of benzene rings is 1. The highest BCUT2D eigenvalue weighted by Gasteiger charge is 2.16. The Hall–Kier alpha value is -3.62. The molecule has 0 bridgehead atoms. The zero-order valence-electron chi connectivity index (χ0n) is 15.9. The van der Waals surface area contributed by atoms with Gasteiger partial charge >= 0.3 is 6.01 Å². The average Bonchev–Trinajstić information content (AvgIpc) is 3.22. The van der Waals surface area contributed by atoms with E-state index in [0.717, 1.165) is 11.1 Å². The molecule has 1 amide bonds. The van der Waals surface area contributed by atoms with Gasteiger partial charge in [0.15, 0.2) is 5.58 Å². The number of carbonyl (C=O) groups is 1. The monoisotopic (exact) mass is 381 g/mol. The number of pyridine rings is 1. The number of aryl methyl sites for hydroxylation is 3. The van der Waals surface area contributed by atoms with Gasteiger partial charge in [-0.1, -0.05) is 0 Å². The van der Waals surface area contributed by atoms with E-state index in [9.17, 15) is 9.59 Å². The molecule has 0 atom stereocenters. The molecule has 0 aliphatic carbocycles. The first-order valence-electron chi connectivity index (χ1n) is 8.63. The highest BCUT2D eigenvalue weighted by Crippen LogP contribution is 2.27. The molecular formula is C19H19N5O4. The number of amides is 1. The van der Waals surface area contributed by atoms with Gasteiger partial charge in [0.1, 0.15) is 23.3 Å². The Balaban J connectivity index is 1.61. The number of nitrogens with zero attached hydrogens (tertiary/aromatic N) is 4. The molecule has 0 saturated carbocycles. The summed E-state index contributed by atoms with van der Waals surface area (Å²) >= 11 is 0. The van der Waals surface area contributed by atoms with E-state index < -0.39 is 0 Å². The number of anilines is 1. The fraction of sp³-hybridized carbons (Fsp3) is 0.263. The van der Waals surface area contributed by atoms with Crippen LogP contribution in [0.2, 0.25) is 0 Å². The molecule has 0 aliphatic heterocycles. The van der Waals surface area contributed by atoms with Gasteiger partial charge in [0.25, 0.3) is 5.56 Å². The van der Waals surface area contributed by atoms with Gasteiger partial charge in [0.2, 0.25) is 5.91 Å². The third kappa shape index (κ3) is 2.90. The Kier molecular flexibility index (Phi) is 4.14. The van der Waals surface area contributed by atoms with Crippen LogP contribution in [0.5, 0.6) is 5.75 Å². The molecule has 0 radical (unpaired) electrons. The minimum Gasteiger partial charge on any atom is -0.496 e. The molecule has 0 fully saturated rings. The molecule has 0 saturated heterocycles. The van der Waals surface area contributed by atoms with Crippen molar-refractivity contribution in [3.05, 3.63) is 46.1 Å². The van der Waals surface area contributed by atoms with Crippen LogP contribution in [0.4, 0.5) is 6.01 Å². The number of fused-ring (bicyclic) bond motifs is 2. The van der Waals surface area contributed by atoms with Crippen molar-refractivity contribution >= 4 is 34.1 Å². The lowest BCUT2D eigenvalue weighted by atomic mass is 10.2. The molecule has 3 aromatic heterocycles. The number of carbonyl (C=O) groups excluding carboxylic acids is 1. The van der Waals surface area contributed by atoms with Crippen LogP contribution in [0.1, 0.15) is 11.1 Å². The summed E-state index contributed by atoms with van der Waals surface area (Å²) in [5, 5.41) is 2.62. The van der Waals surface area contributed by atoms with Gasteiger partial charge in [0.05, 0.1) is 19.0 Å². The van der Waals surface area contributed by atoms with E-state index in [1.165, 1.54) is 15.5 Å². The number of rotatable bonds is 4. The second kappa shape index (κ2) is 6.52. The van der Waals surface area contributed by atoms with Crippen LogP contribution in [0.3, 0.4) is 0 Å².